The van der Waals surface area contributed by atoms with Gasteiger partial charge in [-0.3, -0.25) is 19.3 Å². The highest BCUT2D eigenvalue weighted by Crippen LogP contribution is 2.24. The molecule has 7 nitrogen and oxygen atoms in total. The Kier molecular flexibility index (Phi) is 5.63. The van der Waals surface area contributed by atoms with Gasteiger partial charge in [0.2, 0.25) is 11.8 Å². The summed E-state index contributed by atoms with van der Waals surface area (Å²) in [6, 6.07) is 19.6. The maximum atomic E-state index is 13.5. The van der Waals surface area contributed by atoms with E-state index in [-0.39, 0.29) is 36.4 Å². The summed E-state index contributed by atoms with van der Waals surface area (Å²) in [5, 5.41) is 3.02. The highest BCUT2D eigenvalue weighted by molar-refractivity contribution is 6.19. The molecule has 0 saturated carbocycles. The number of nitrogens with zero attached hydrogens (tertiary/aromatic N) is 3. The lowest BCUT2D eigenvalue weighted by Gasteiger charge is -2.21. The maximum absolute atomic E-state index is 13.5. The van der Waals surface area contributed by atoms with Gasteiger partial charge in [-0.2, -0.15) is 0 Å². The molecule has 170 valence electrons. The first kappa shape index (κ1) is 21.5. The number of nitrogens with one attached hydrogen (secondary N) is 1. The minimum atomic E-state index is -0.452. The van der Waals surface area contributed by atoms with Crippen molar-refractivity contribution in [2.45, 2.75) is 25.4 Å². The molecule has 0 bridgehead atoms. The summed E-state index contributed by atoms with van der Waals surface area (Å²) in [5.41, 5.74) is 3.34. The number of halogens is 1. The van der Waals surface area contributed by atoms with Crippen molar-refractivity contribution in [1.29, 1.82) is 0 Å². The molecule has 2 heterocycles. The topological polar surface area (TPSA) is 84.3 Å². The highest BCUT2D eigenvalue weighted by Gasteiger charge is 2.30. The van der Waals surface area contributed by atoms with Crippen LogP contribution in [0.25, 0.3) is 11.0 Å². The number of amides is 3. The number of benzene rings is 3. The molecule has 0 radical (unpaired) electrons. The summed E-state index contributed by atoms with van der Waals surface area (Å²) < 4.78 is 15.5. The summed E-state index contributed by atoms with van der Waals surface area (Å²) in [4.78, 5) is 42.6. The van der Waals surface area contributed by atoms with E-state index < -0.39 is 6.04 Å². The lowest BCUT2D eigenvalue weighted by Crippen LogP contribution is -2.31. The molecule has 1 atom stereocenters. The first-order chi connectivity index (χ1) is 16.5. The Balaban J connectivity index is 1.39. The van der Waals surface area contributed by atoms with E-state index in [0.717, 1.165) is 21.5 Å². The van der Waals surface area contributed by atoms with Crippen LogP contribution < -0.4 is 10.2 Å². The van der Waals surface area contributed by atoms with Gasteiger partial charge in [-0.25, -0.2) is 9.37 Å². The second kappa shape index (κ2) is 8.90. The first-order valence-electron chi connectivity index (χ1n) is 10.9. The van der Waals surface area contributed by atoms with Crippen molar-refractivity contribution < 1.29 is 18.8 Å². The van der Waals surface area contributed by atoms with Crippen molar-refractivity contribution in [2.75, 3.05) is 4.90 Å². The van der Waals surface area contributed by atoms with Crippen LogP contribution in [-0.2, 0) is 16.1 Å². The number of para-hydroxylation sites is 2. The Morgan fingerprint density at radius 2 is 1.62 bits per heavy atom. The number of rotatable bonds is 6. The van der Waals surface area contributed by atoms with Crippen molar-refractivity contribution in [2.24, 2.45) is 0 Å². The fourth-order valence-corrected chi connectivity index (χ4v) is 4.15. The monoisotopic (exact) mass is 456 g/mol. The molecule has 1 unspecified atom stereocenters. The molecule has 8 heteroatoms. The Labute approximate surface area is 194 Å². The van der Waals surface area contributed by atoms with Crippen LogP contribution in [0.4, 0.5) is 10.1 Å². The van der Waals surface area contributed by atoms with Gasteiger partial charge in [-0.05, 0) is 54.1 Å². The zero-order valence-electron chi connectivity index (χ0n) is 18.1. The average Bonchev–Trinajstić information content (AvgIpc) is 3.41. The van der Waals surface area contributed by atoms with E-state index in [2.05, 4.69) is 10.3 Å². The lowest BCUT2D eigenvalue weighted by molar-refractivity contribution is -0.121. The van der Waals surface area contributed by atoms with Gasteiger partial charge in [0.05, 0.1) is 29.1 Å². The van der Waals surface area contributed by atoms with Gasteiger partial charge >= 0.3 is 0 Å². The quantitative estimate of drug-likeness (QED) is 0.445. The number of fused-ring (bicyclic) bond motifs is 1. The minimum absolute atomic E-state index is 0.198. The molecule has 34 heavy (non-hydrogen) atoms. The smallest absolute Gasteiger partial charge is 0.251 e. The van der Waals surface area contributed by atoms with E-state index in [9.17, 15) is 18.8 Å². The lowest BCUT2D eigenvalue weighted by atomic mass is 10.1. The summed E-state index contributed by atoms with van der Waals surface area (Å²) in [7, 11) is 0. The number of imide groups is 1. The third-order valence-electron chi connectivity index (χ3n) is 5.92. The summed E-state index contributed by atoms with van der Waals surface area (Å²) in [6.45, 7) is 0.396. The van der Waals surface area contributed by atoms with E-state index in [1.54, 1.807) is 42.7 Å². The SMILES string of the molecule is O=C(NC(Cn1cnc2ccccc21)c1ccc(F)cc1)c1ccc(N2C(=O)CCC2=O)cc1. The van der Waals surface area contributed by atoms with Gasteiger partial charge in [0.15, 0.2) is 0 Å². The number of aromatic nitrogens is 2. The van der Waals surface area contributed by atoms with Gasteiger partial charge in [-0.15, -0.1) is 0 Å². The second-order valence-corrected chi connectivity index (χ2v) is 8.13. The molecule has 1 N–H and O–H groups in total. The van der Waals surface area contributed by atoms with Crippen molar-refractivity contribution in [3.8, 4) is 0 Å². The molecule has 1 aromatic heterocycles. The van der Waals surface area contributed by atoms with Crippen molar-refractivity contribution in [1.82, 2.24) is 14.9 Å². The van der Waals surface area contributed by atoms with Crippen molar-refractivity contribution >= 4 is 34.4 Å². The van der Waals surface area contributed by atoms with E-state index in [0.29, 0.717) is 17.8 Å². The molecule has 1 aliphatic rings. The zero-order chi connectivity index (χ0) is 23.7. The molecule has 3 aromatic carbocycles. The second-order valence-electron chi connectivity index (χ2n) is 8.13. The summed E-state index contributed by atoms with van der Waals surface area (Å²) in [6.07, 6.45) is 2.11. The molecule has 1 aliphatic heterocycles. The number of hydrogen-bond acceptors (Lipinski definition) is 4. The molecule has 0 spiro atoms. The van der Waals surface area contributed by atoms with E-state index in [4.69, 9.17) is 0 Å². The Morgan fingerprint density at radius 1 is 0.941 bits per heavy atom. The highest BCUT2D eigenvalue weighted by atomic mass is 19.1. The van der Waals surface area contributed by atoms with Crippen LogP contribution in [0.1, 0.15) is 34.8 Å². The van der Waals surface area contributed by atoms with Crippen molar-refractivity contribution in [3.63, 3.8) is 0 Å². The summed E-state index contributed by atoms with van der Waals surface area (Å²) >= 11 is 0. The van der Waals surface area contributed by atoms with Crippen LogP contribution in [0.3, 0.4) is 0 Å². The number of hydrogen-bond donors (Lipinski definition) is 1. The molecule has 1 fully saturated rings. The predicted molar refractivity (Wildman–Crippen MR) is 125 cm³/mol. The van der Waals surface area contributed by atoms with Gasteiger partial charge in [0.25, 0.3) is 5.91 Å². The van der Waals surface area contributed by atoms with E-state index in [1.807, 2.05) is 28.8 Å². The average molecular weight is 456 g/mol. The van der Waals surface area contributed by atoms with Gasteiger partial charge < -0.3 is 9.88 Å². The van der Waals surface area contributed by atoms with Crippen LogP contribution in [-0.4, -0.2) is 27.3 Å². The molecule has 5 rings (SSSR count). The van der Waals surface area contributed by atoms with Crippen LogP contribution in [0.15, 0.2) is 79.1 Å². The normalized spacial score (nSPS) is 14.6. The maximum Gasteiger partial charge on any atom is 0.251 e. The molecule has 1 saturated heterocycles. The number of carbonyl (C=O) groups is 3. The first-order valence-corrected chi connectivity index (χ1v) is 10.9. The summed E-state index contributed by atoms with van der Waals surface area (Å²) in [5.74, 6) is -1.18. The molecule has 3 amide bonds. The third kappa shape index (κ3) is 4.17. The van der Waals surface area contributed by atoms with Crippen LogP contribution in [0, 0.1) is 5.82 Å². The largest absolute Gasteiger partial charge is 0.343 e. The number of carbonyl (C=O) groups excluding carboxylic acids is 3. The predicted octanol–water partition coefficient (Wildman–Crippen LogP) is 4.00. The number of anilines is 1. The zero-order valence-corrected chi connectivity index (χ0v) is 18.1. The van der Waals surface area contributed by atoms with Crippen molar-refractivity contribution in [3.05, 3.63) is 96.1 Å². The minimum Gasteiger partial charge on any atom is -0.343 e. The van der Waals surface area contributed by atoms with Gasteiger partial charge in [0.1, 0.15) is 5.82 Å². The van der Waals surface area contributed by atoms with Crippen LogP contribution in [0.2, 0.25) is 0 Å². The fraction of sp³-hybridized carbons (Fsp3) is 0.154. The molecule has 0 aliphatic carbocycles. The van der Waals surface area contributed by atoms with Gasteiger partial charge in [-0.1, -0.05) is 24.3 Å². The molecular formula is C26H21FN4O3. The van der Waals surface area contributed by atoms with Gasteiger partial charge in [0, 0.05) is 24.9 Å². The van der Waals surface area contributed by atoms with Crippen LogP contribution in [0.5, 0.6) is 0 Å². The Bertz CT molecular complexity index is 1360. The standard InChI is InChI=1S/C26H21FN4O3/c27-19-9-5-17(6-10-19)22(15-30-16-28-21-3-1-2-4-23(21)30)29-26(34)18-7-11-20(12-8-18)31-24(32)13-14-25(31)33/h1-12,16,22H,13-15H2,(H,29,34). The molecular weight excluding hydrogens is 435 g/mol. The van der Waals surface area contributed by atoms with E-state index in [1.165, 1.54) is 12.1 Å². The van der Waals surface area contributed by atoms with Crippen LogP contribution >= 0.6 is 0 Å². The third-order valence-corrected chi connectivity index (χ3v) is 5.92. The fourth-order valence-electron chi connectivity index (χ4n) is 4.15. The number of imidazole rings is 1. The Hall–Kier alpha value is -4.33. The molecule has 4 aromatic rings. The van der Waals surface area contributed by atoms with E-state index >= 15 is 0 Å². The Morgan fingerprint density at radius 3 is 2.32 bits per heavy atom.